The highest BCUT2D eigenvalue weighted by atomic mass is 32.1. The Balaban J connectivity index is 1.99. The molecule has 1 fully saturated rings. The second-order valence-electron chi connectivity index (χ2n) is 4.43. The summed E-state index contributed by atoms with van der Waals surface area (Å²) in [5.41, 5.74) is 0.0129. The zero-order valence-corrected chi connectivity index (χ0v) is 11.0. The third-order valence-electron chi connectivity index (χ3n) is 3.12. The fourth-order valence-electron chi connectivity index (χ4n) is 2.21. The van der Waals surface area contributed by atoms with Crippen molar-refractivity contribution in [3.63, 3.8) is 0 Å². The van der Waals surface area contributed by atoms with Crippen molar-refractivity contribution < 1.29 is 19.1 Å². The van der Waals surface area contributed by atoms with Crippen molar-refractivity contribution in [2.75, 3.05) is 13.2 Å². The molecule has 0 bridgehead atoms. The number of aromatic carboxylic acids is 1. The Bertz CT molecular complexity index is 569. The number of hydrogen-bond donors (Lipinski definition) is 1. The van der Waals surface area contributed by atoms with E-state index in [9.17, 15) is 9.90 Å². The van der Waals surface area contributed by atoms with E-state index in [1.54, 1.807) is 0 Å². The van der Waals surface area contributed by atoms with Gasteiger partial charge in [0.2, 0.25) is 5.89 Å². The van der Waals surface area contributed by atoms with Crippen molar-refractivity contribution in [1.29, 1.82) is 0 Å². The van der Waals surface area contributed by atoms with Gasteiger partial charge in [0.05, 0.1) is 11.5 Å². The first kappa shape index (κ1) is 12.4. The molecule has 0 saturated carbocycles. The minimum absolute atomic E-state index is 0.0129. The fourth-order valence-corrected chi connectivity index (χ4v) is 2.86. The monoisotopic (exact) mass is 279 g/mol. The molecule has 5 nitrogen and oxygen atoms in total. The maximum Gasteiger partial charge on any atom is 0.358 e. The molecule has 0 aromatic carbocycles. The van der Waals surface area contributed by atoms with Crippen LogP contribution in [0.15, 0.2) is 21.9 Å². The molecule has 1 atom stereocenters. The van der Waals surface area contributed by atoms with Crippen LogP contribution in [0, 0.1) is 0 Å². The van der Waals surface area contributed by atoms with Gasteiger partial charge in [0, 0.05) is 12.5 Å². The van der Waals surface area contributed by atoms with Gasteiger partial charge in [-0.2, -0.15) is 0 Å². The number of thiophene rings is 1. The number of rotatable bonds is 3. The summed E-state index contributed by atoms with van der Waals surface area (Å²) in [7, 11) is 0. The van der Waals surface area contributed by atoms with Gasteiger partial charge in [0.25, 0.3) is 0 Å². The Labute approximate surface area is 113 Å². The van der Waals surface area contributed by atoms with E-state index in [0.717, 1.165) is 24.3 Å². The first-order valence-electron chi connectivity index (χ1n) is 6.11. The minimum atomic E-state index is -1.05. The van der Waals surface area contributed by atoms with Crippen molar-refractivity contribution in [1.82, 2.24) is 4.98 Å². The summed E-state index contributed by atoms with van der Waals surface area (Å²) < 4.78 is 11.1. The lowest BCUT2D eigenvalue weighted by atomic mass is 9.98. The van der Waals surface area contributed by atoms with Gasteiger partial charge in [-0.05, 0) is 24.3 Å². The highest BCUT2D eigenvalue weighted by Crippen LogP contribution is 2.33. The molecule has 19 heavy (non-hydrogen) atoms. The molecule has 1 N–H and O–H groups in total. The van der Waals surface area contributed by atoms with E-state index in [-0.39, 0.29) is 11.6 Å². The normalized spacial score (nSPS) is 19.5. The standard InChI is InChI=1S/C13H13NO4S/c15-13(16)10-11(8-3-1-5-17-7-8)18-12(14-10)9-4-2-6-19-9/h2,4,6,8H,1,3,5,7H2,(H,15,16). The lowest BCUT2D eigenvalue weighted by Gasteiger charge is -2.20. The molecular formula is C13H13NO4S. The maximum absolute atomic E-state index is 11.3. The maximum atomic E-state index is 11.3. The summed E-state index contributed by atoms with van der Waals surface area (Å²) in [4.78, 5) is 16.2. The van der Waals surface area contributed by atoms with Gasteiger partial charge in [0.15, 0.2) is 5.69 Å². The number of carbonyl (C=O) groups is 1. The molecule has 100 valence electrons. The number of carboxylic acid groups (broad SMARTS) is 1. The van der Waals surface area contributed by atoms with Crippen molar-refractivity contribution in [3.05, 3.63) is 29.0 Å². The Morgan fingerprint density at radius 3 is 3.05 bits per heavy atom. The molecule has 1 saturated heterocycles. The van der Waals surface area contributed by atoms with Gasteiger partial charge >= 0.3 is 5.97 Å². The number of oxazole rings is 1. The van der Waals surface area contributed by atoms with Crippen LogP contribution in [0.25, 0.3) is 10.8 Å². The quantitative estimate of drug-likeness (QED) is 0.935. The van der Waals surface area contributed by atoms with Gasteiger partial charge < -0.3 is 14.3 Å². The van der Waals surface area contributed by atoms with E-state index in [1.165, 1.54) is 11.3 Å². The molecule has 2 aromatic heterocycles. The summed E-state index contributed by atoms with van der Waals surface area (Å²) in [5, 5.41) is 11.2. The number of ether oxygens (including phenoxy) is 1. The van der Waals surface area contributed by atoms with Crippen molar-refractivity contribution in [3.8, 4) is 10.8 Å². The van der Waals surface area contributed by atoms with Crippen LogP contribution in [0.3, 0.4) is 0 Å². The zero-order valence-electron chi connectivity index (χ0n) is 10.2. The van der Waals surface area contributed by atoms with Crippen LogP contribution in [0.5, 0.6) is 0 Å². The molecule has 6 heteroatoms. The molecule has 0 aliphatic carbocycles. The first-order valence-corrected chi connectivity index (χ1v) is 6.99. The summed E-state index contributed by atoms with van der Waals surface area (Å²) in [6, 6.07) is 3.75. The lowest BCUT2D eigenvalue weighted by Crippen LogP contribution is -2.17. The first-order chi connectivity index (χ1) is 9.25. The average Bonchev–Trinajstić information content (AvgIpc) is 3.08. The topological polar surface area (TPSA) is 72.6 Å². The summed E-state index contributed by atoms with van der Waals surface area (Å²) >= 11 is 1.48. The van der Waals surface area contributed by atoms with Crippen molar-refractivity contribution >= 4 is 17.3 Å². The third kappa shape index (κ3) is 2.41. The van der Waals surface area contributed by atoms with Gasteiger partial charge in [-0.3, -0.25) is 0 Å². The van der Waals surface area contributed by atoms with Gasteiger partial charge in [-0.15, -0.1) is 11.3 Å². The van der Waals surface area contributed by atoms with E-state index >= 15 is 0 Å². The second-order valence-corrected chi connectivity index (χ2v) is 5.38. The molecule has 2 aromatic rings. The minimum Gasteiger partial charge on any atom is -0.476 e. The van der Waals surface area contributed by atoms with Gasteiger partial charge in [-0.25, -0.2) is 9.78 Å². The smallest absolute Gasteiger partial charge is 0.358 e. The SMILES string of the molecule is O=C(O)c1nc(-c2cccs2)oc1C1CCCOC1. The fraction of sp³-hybridized carbons (Fsp3) is 0.385. The molecule has 1 aliphatic heterocycles. The Hall–Kier alpha value is -1.66. The lowest BCUT2D eigenvalue weighted by molar-refractivity contribution is 0.0657. The van der Waals surface area contributed by atoms with Crippen LogP contribution < -0.4 is 0 Å². The number of aromatic nitrogens is 1. The van der Waals surface area contributed by atoms with Gasteiger partial charge in [-0.1, -0.05) is 6.07 Å². The van der Waals surface area contributed by atoms with E-state index < -0.39 is 5.97 Å². The van der Waals surface area contributed by atoms with Gasteiger partial charge in [0.1, 0.15) is 5.76 Å². The van der Waals surface area contributed by atoms with E-state index in [4.69, 9.17) is 9.15 Å². The molecule has 0 radical (unpaired) electrons. The number of carboxylic acids is 1. The van der Waals surface area contributed by atoms with Crippen LogP contribution >= 0.6 is 11.3 Å². The van der Waals surface area contributed by atoms with E-state index in [2.05, 4.69) is 4.98 Å². The highest BCUT2D eigenvalue weighted by Gasteiger charge is 2.28. The largest absolute Gasteiger partial charge is 0.476 e. The van der Waals surface area contributed by atoms with Crippen LogP contribution in [0.4, 0.5) is 0 Å². The average molecular weight is 279 g/mol. The second kappa shape index (κ2) is 5.14. The zero-order chi connectivity index (χ0) is 13.2. The predicted molar refractivity (Wildman–Crippen MR) is 69.6 cm³/mol. The summed E-state index contributed by atoms with van der Waals surface area (Å²) in [6.45, 7) is 1.23. The molecule has 3 heterocycles. The Kier molecular flexibility index (Phi) is 3.35. The van der Waals surface area contributed by atoms with E-state index in [1.807, 2.05) is 17.5 Å². The Morgan fingerprint density at radius 1 is 1.53 bits per heavy atom. The molecule has 0 amide bonds. The van der Waals surface area contributed by atoms with E-state index in [0.29, 0.717) is 18.3 Å². The van der Waals surface area contributed by atoms with Crippen molar-refractivity contribution in [2.45, 2.75) is 18.8 Å². The molecule has 3 rings (SSSR count). The highest BCUT2D eigenvalue weighted by molar-refractivity contribution is 7.13. The molecule has 1 unspecified atom stereocenters. The molecule has 0 spiro atoms. The summed E-state index contributed by atoms with van der Waals surface area (Å²) in [6.07, 6.45) is 1.79. The molecule has 1 aliphatic rings. The Morgan fingerprint density at radius 2 is 2.42 bits per heavy atom. The predicted octanol–water partition coefficient (Wildman–Crippen LogP) is 3.00. The van der Waals surface area contributed by atoms with Crippen LogP contribution in [-0.4, -0.2) is 29.3 Å². The van der Waals surface area contributed by atoms with Crippen LogP contribution in [0.2, 0.25) is 0 Å². The number of nitrogens with zero attached hydrogens (tertiary/aromatic N) is 1. The van der Waals surface area contributed by atoms with Crippen LogP contribution in [-0.2, 0) is 4.74 Å². The number of hydrogen-bond acceptors (Lipinski definition) is 5. The third-order valence-corrected chi connectivity index (χ3v) is 3.98. The molecular weight excluding hydrogens is 266 g/mol. The van der Waals surface area contributed by atoms with Crippen LogP contribution in [0.1, 0.15) is 35.0 Å². The summed E-state index contributed by atoms with van der Waals surface area (Å²) in [5.74, 6) is -0.239. The van der Waals surface area contributed by atoms with Crippen molar-refractivity contribution in [2.24, 2.45) is 0 Å².